The predicted molar refractivity (Wildman–Crippen MR) is 99.4 cm³/mol. The number of nitrogens with zero attached hydrogens (tertiary/aromatic N) is 1. The number of aryl methyl sites for hydroxylation is 1. The van der Waals surface area contributed by atoms with E-state index in [2.05, 4.69) is 29.6 Å². The molecule has 1 N–H and O–H groups in total. The maximum absolute atomic E-state index is 12.5. The quantitative estimate of drug-likeness (QED) is 0.556. The number of nitrogens with one attached hydrogen (secondary N) is 1. The molecule has 24 heavy (non-hydrogen) atoms. The maximum atomic E-state index is 12.5. The van der Waals surface area contributed by atoms with Gasteiger partial charge in [0.25, 0.3) is 5.91 Å². The molecular weight excluding hydrogens is 296 g/mol. The Hall–Kier alpha value is -2.94. The second-order valence-corrected chi connectivity index (χ2v) is 5.72. The molecule has 0 aliphatic heterocycles. The Bertz CT molecular complexity index is 890. The molecule has 3 aromatic carbocycles. The fraction of sp³-hybridized carbons (Fsp3) is 0.143. The van der Waals surface area contributed by atoms with E-state index in [4.69, 9.17) is 0 Å². The summed E-state index contributed by atoms with van der Waals surface area (Å²) >= 11 is 0. The third-order valence-corrected chi connectivity index (χ3v) is 4.14. The van der Waals surface area contributed by atoms with Gasteiger partial charge in [0.15, 0.2) is 0 Å². The molecule has 0 bridgehead atoms. The molecule has 0 unspecified atom stereocenters. The molecule has 0 heterocycles. The molecule has 3 rings (SSSR count). The van der Waals surface area contributed by atoms with Gasteiger partial charge < -0.3 is 0 Å². The minimum atomic E-state index is -0.198. The summed E-state index contributed by atoms with van der Waals surface area (Å²) in [6.45, 7) is 4.02. The summed E-state index contributed by atoms with van der Waals surface area (Å²) in [5.74, 6) is -0.198. The summed E-state index contributed by atoms with van der Waals surface area (Å²) in [5, 5.41) is 6.22. The van der Waals surface area contributed by atoms with Crippen LogP contribution in [-0.2, 0) is 6.42 Å². The molecule has 120 valence electrons. The monoisotopic (exact) mass is 316 g/mol. The van der Waals surface area contributed by atoms with Crippen molar-refractivity contribution in [3.63, 3.8) is 0 Å². The van der Waals surface area contributed by atoms with Crippen LogP contribution in [0.1, 0.15) is 35.3 Å². The zero-order valence-electron chi connectivity index (χ0n) is 13.9. The van der Waals surface area contributed by atoms with E-state index in [0.29, 0.717) is 5.56 Å². The standard InChI is InChI=1S/C21H20N2O/c1-3-16-11-13-17(14-12-16)15(2)22-23-21(24)20-10-6-8-18-7-4-5-9-19(18)20/h4-14H,3H2,1-2H3,(H,23,24)/b22-15-. The van der Waals surface area contributed by atoms with E-state index in [1.165, 1.54) is 5.56 Å². The van der Waals surface area contributed by atoms with Crippen LogP contribution >= 0.6 is 0 Å². The van der Waals surface area contributed by atoms with Crippen molar-refractivity contribution in [2.24, 2.45) is 5.10 Å². The summed E-state index contributed by atoms with van der Waals surface area (Å²) in [7, 11) is 0. The van der Waals surface area contributed by atoms with Gasteiger partial charge in [0, 0.05) is 5.56 Å². The van der Waals surface area contributed by atoms with Crippen molar-refractivity contribution in [3.05, 3.63) is 83.4 Å². The highest BCUT2D eigenvalue weighted by atomic mass is 16.2. The van der Waals surface area contributed by atoms with Crippen LogP contribution in [0.4, 0.5) is 0 Å². The van der Waals surface area contributed by atoms with Crippen LogP contribution in [0.3, 0.4) is 0 Å². The van der Waals surface area contributed by atoms with Crippen LogP contribution in [-0.4, -0.2) is 11.6 Å². The average Bonchev–Trinajstić information content (AvgIpc) is 2.65. The molecular formula is C21H20N2O. The minimum absolute atomic E-state index is 0.198. The molecule has 1 amide bonds. The fourth-order valence-electron chi connectivity index (χ4n) is 2.66. The number of carbonyl (C=O) groups excluding carboxylic acids is 1. The van der Waals surface area contributed by atoms with Gasteiger partial charge in [-0.3, -0.25) is 4.79 Å². The second-order valence-electron chi connectivity index (χ2n) is 5.72. The maximum Gasteiger partial charge on any atom is 0.272 e. The summed E-state index contributed by atoms with van der Waals surface area (Å²) in [6.07, 6.45) is 1.01. The first-order valence-electron chi connectivity index (χ1n) is 8.10. The van der Waals surface area contributed by atoms with Gasteiger partial charge in [-0.25, -0.2) is 5.43 Å². The Labute approximate surface area is 142 Å². The lowest BCUT2D eigenvalue weighted by Crippen LogP contribution is -2.19. The van der Waals surface area contributed by atoms with Crippen LogP contribution in [0.2, 0.25) is 0 Å². The largest absolute Gasteiger partial charge is 0.272 e. The molecule has 0 aliphatic rings. The summed E-state index contributed by atoms with van der Waals surface area (Å²) < 4.78 is 0. The van der Waals surface area contributed by atoms with Crippen LogP contribution in [0.25, 0.3) is 10.8 Å². The Morgan fingerprint density at radius 1 is 0.958 bits per heavy atom. The number of rotatable bonds is 4. The molecule has 3 aromatic rings. The first-order valence-corrected chi connectivity index (χ1v) is 8.10. The van der Waals surface area contributed by atoms with Crippen molar-refractivity contribution in [2.45, 2.75) is 20.3 Å². The zero-order chi connectivity index (χ0) is 16.9. The minimum Gasteiger partial charge on any atom is -0.267 e. The number of carbonyl (C=O) groups is 1. The summed E-state index contributed by atoms with van der Waals surface area (Å²) in [5.41, 5.74) is 6.37. The predicted octanol–water partition coefficient (Wildman–Crippen LogP) is 4.56. The van der Waals surface area contributed by atoms with Crippen LogP contribution in [0, 0.1) is 0 Å². The van der Waals surface area contributed by atoms with Gasteiger partial charge in [-0.15, -0.1) is 0 Å². The average molecular weight is 316 g/mol. The van der Waals surface area contributed by atoms with Gasteiger partial charge in [0.1, 0.15) is 0 Å². The molecule has 0 spiro atoms. The number of amides is 1. The molecule has 0 saturated carbocycles. The lowest BCUT2D eigenvalue weighted by Gasteiger charge is -2.06. The van der Waals surface area contributed by atoms with Crippen molar-refractivity contribution in [2.75, 3.05) is 0 Å². The molecule has 3 heteroatoms. The van der Waals surface area contributed by atoms with Crippen molar-refractivity contribution < 1.29 is 4.79 Å². The highest BCUT2D eigenvalue weighted by Gasteiger charge is 2.09. The molecule has 0 saturated heterocycles. The van der Waals surface area contributed by atoms with Gasteiger partial charge in [-0.05, 0) is 41.3 Å². The number of hydrazone groups is 1. The number of hydrogen-bond donors (Lipinski definition) is 1. The molecule has 0 radical (unpaired) electrons. The Balaban J connectivity index is 1.80. The van der Waals surface area contributed by atoms with Crippen molar-refractivity contribution in [3.8, 4) is 0 Å². The molecule has 3 nitrogen and oxygen atoms in total. The van der Waals surface area contributed by atoms with E-state index in [0.717, 1.165) is 28.5 Å². The topological polar surface area (TPSA) is 41.5 Å². The Morgan fingerprint density at radius 3 is 2.42 bits per heavy atom. The van der Waals surface area contributed by atoms with E-state index in [1.807, 2.05) is 61.5 Å². The van der Waals surface area contributed by atoms with Crippen LogP contribution in [0.15, 0.2) is 71.8 Å². The highest BCUT2D eigenvalue weighted by Crippen LogP contribution is 2.18. The van der Waals surface area contributed by atoms with Crippen LogP contribution in [0.5, 0.6) is 0 Å². The van der Waals surface area contributed by atoms with E-state index >= 15 is 0 Å². The molecule has 0 fully saturated rings. The lowest BCUT2D eigenvalue weighted by atomic mass is 10.0. The third-order valence-electron chi connectivity index (χ3n) is 4.14. The second kappa shape index (κ2) is 7.09. The van der Waals surface area contributed by atoms with Gasteiger partial charge >= 0.3 is 0 Å². The van der Waals surface area contributed by atoms with Gasteiger partial charge in [-0.2, -0.15) is 5.10 Å². The first kappa shape index (κ1) is 15.9. The van der Waals surface area contributed by atoms with Gasteiger partial charge in [0.2, 0.25) is 0 Å². The number of hydrogen-bond acceptors (Lipinski definition) is 2. The van der Waals surface area contributed by atoms with Gasteiger partial charge in [-0.1, -0.05) is 67.6 Å². The Morgan fingerprint density at radius 2 is 1.67 bits per heavy atom. The van der Waals surface area contributed by atoms with E-state index in [1.54, 1.807) is 0 Å². The SMILES string of the molecule is CCc1ccc(/C(C)=N\NC(=O)c2cccc3ccccc23)cc1. The van der Waals surface area contributed by atoms with E-state index in [9.17, 15) is 4.79 Å². The summed E-state index contributed by atoms with van der Waals surface area (Å²) in [6, 6.07) is 21.8. The highest BCUT2D eigenvalue weighted by molar-refractivity contribution is 6.07. The van der Waals surface area contributed by atoms with Crippen molar-refractivity contribution in [1.29, 1.82) is 0 Å². The van der Waals surface area contributed by atoms with Gasteiger partial charge in [0.05, 0.1) is 5.71 Å². The van der Waals surface area contributed by atoms with Crippen molar-refractivity contribution >= 4 is 22.4 Å². The van der Waals surface area contributed by atoms with Crippen LogP contribution < -0.4 is 5.43 Å². The third kappa shape index (κ3) is 3.35. The normalized spacial score (nSPS) is 11.5. The fourth-order valence-corrected chi connectivity index (χ4v) is 2.66. The molecule has 0 aromatic heterocycles. The summed E-state index contributed by atoms with van der Waals surface area (Å²) in [4.78, 5) is 12.5. The Kier molecular flexibility index (Phi) is 4.71. The van der Waals surface area contributed by atoms with E-state index < -0.39 is 0 Å². The zero-order valence-corrected chi connectivity index (χ0v) is 13.9. The van der Waals surface area contributed by atoms with E-state index in [-0.39, 0.29) is 5.91 Å². The smallest absolute Gasteiger partial charge is 0.267 e. The van der Waals surface area contributed by atoms with Crippen molar-refractivity contribution in [1.82, 2.24) is 5.43 Å². The molecule has 0 atom stereocenters. The molecule has 0 aliphatic carbocycles. The first-order chi connectivity index (χ1) is 11.7. The number of benzene rings is 3. The number of fused-ring (bicyclic) bond motifs is 1. The lowest BCUT2D eigenvalue weighted by molar-refractivity contribution is 0.0956.